The van der Waals surface area contributed by atoms with Gasteiger partial charge in [-0.15, -0.1) is 0 Å². The molecule has 29 heteroatoms. The lowest BCUT2D eigenvalue weighted by molar-refractivity contribution is -0.0501. The van der Waals surface area contributed by atoms with E-state index >= 15 is 0 Å². The Kier molecular flexibility index (Phi) is 9.42. The number of nitrogens with one attached hydrogen (secondary N) is 1. The number of hydrogen-bond donors (Lipinski definition) is 9. The maximum atomic E-state index is 12.1. The average molecular weight is 668 g/mol. The van der Waals surface area contributed by atoms with Gasteiger partial charge in [0.2, 0.25) is 0 Å². The number of phosphoric acid groups is 5. The largest absolute Gasteiger partial charge is 0.490 e. The number of hydrogen-bond acceptors (Lipinski definition) is 15. The Morgan fingerprint density at radius 2 is 1.49 bits per heavy atom. The third-order valence-corrected chi connectivity index (χ3v) is 10.2. The molecule has 0 radical (unpaired) electrons. The number of fused-ring (bicyclic) bond motifs is 1. The quantitative estimate of drug-likeness (QED) is 0.114. The van der Waals surface area contributed by atoms with Crippen LogP contribution >= 0.6 is 39.1 Å². The molecule has 2 aromatic rings. The van der Waals surface area contributed by atoms with Gasteiger partial charge >= 0.3 is 39.1 Å². The molecule has 1 saturated heterocycles. The predicted octanol–water partition coefficient (Wildman–Crippen LogP) is -1.68. The fourth-order valence-electron chi connectivity index (χ4n) is 3.04. The number of aromatic nitrogens is 4. The first-order valence-corrected chi connectivity index (χ1v) is 16.9. The summed E-state index contributed by atoms with van der Waals surface area (Å²) in [7, 11) is -28.8. The van der Waals surface area contributed by atoms with Gasteiger partial charge in [-0.05, 0) is 0 Å². The topological polar surface area (TPSA) is 366 Å². The summed E-state index contributed by atoms with van der Waals surface area (Å²) < 4.78 is 83.3. The zero-order valence-electron chi connectivity index (χ0n) is 18.2. The minimum Gasteiger partial charge on any atom is -0.386 e. The summed E-state index contributed by atoms with van der Waals surface area (Å²) in [5, 5.41) is 10.7. The molecule has 3 rings (SSSR count). The molecule has 0 saturated carbocycles. The maximum absolute atomic E-state index is 12.1. The van der Waals surface area contributed by atoms with Crippen LogP contribution < -0.4 is 5.56 Å². The highest BCUT2D eigenvalue weighted by atomic mass is 31.3. The molecule has 39 heavy (non-hydrogen) atoms. The molecule has 0 spiro atoms. The van der Waals surface area contributed by atoms with E-state index in [2.05, 4.69) is 36.9 Å². The van der Waals surface area contributed by atoms with Crippen LogP contribution in [0.1, 0.15) is 6.23 Å². The van der Waals surface area contributed by atoms with Gasteiger partial charge in [0.05, 0.1) is 19.3 Å². The smallest absolute Gasteiger partial charge is 0.386 e. The van der Waals surface area contributed by atoms with Gasteiger partial charge in [-0.3, -0.25) is 18.4 Å². The van der Waals surface area contributed by atoms with E-state index in [9.17, 15) is 47.4 Å². The number of aliphatic hydroxyl groups excluding tert-OH is 1. The molecule has 222 valence electrons. The minimum absolute atomic E-state index is 0.228. The highest BCUT2D eigenvalue weighted by molar-refractivity contribution is 7.66. The molecule has 0 bridgehead atoms. The third-order valence-electron chi connectivity index (χ3n) is 4.23. The van der Waals surface area contributed by atoms with Gasteiger partial charge in [-0.25, -0.2) is 32.8 Å². The number of ether oxygens (including phenoxy) is 1. The highest BCUT2D eigenvalue weighted by Gasteiger charge is 2.51. The highest BCUT2D eigenvalue weighted by Crippen LogP contribution is 2.66. The minimum atomic E-state index is -5.93. The third kappa shape index (κ3) is 8.96. The molecule has 7 atom stereocenters. The lowest BCUT2D eigenvalue weighted by Crippen LogP contribution is -2.36. The molecule has 0 amide bonds. The van der Waals surface area contributed by atoms with Crippen molar-refractivity contribution in [1.29, 1.82) is 0 Å². The molecular formula is C10H17N4O20P5. The summed E-state index contributed by atoms with van der Waals surface area (Å²) >= 11 is 0. The molecular weight excluding hydrogens is 651 g/mol. The Hall–Kier alpha value is -1.06. The van der Waals surface area contributed by atoms with E-state index in [1.165, 1.54) is 0 Å². The molecule has 1 fully saturated rings. The lowest BCUT2D eigenvalue weighted by Gasteiger charge is -2.23. The van der Waals surface area contributed by atoms with E-state index in [-0.39, 0.29) is 11.2 Å². The SMILES string of the molecule is O=c1[nH]cnc2c1ncn2[C@@H]1O[C@H](COP(=O)(O)OP(=O)(O)OP(=O)(O)O)[C@@H](OP(=O)(O)OP(=O)(O)O)[C@H]1O. The molecule has 9 N–H and O–H groups in total. The first-order valence-electron chi connectivity index (χ1n) is 9.38. The van der Waals surface area contributed by atoms with E-state index in [0.717, 1.165) is 17.2 Å². The van der Waals surface area contributed by atoms with Crippen molar-refractivity contribution in [2.45, 2.75) is 24.5 Å². The van der Waals surface area contributed by atoms with Crippen molar-refractivity contribution in [3.63, 3.8) is 0 Å². The van der Waals surface area contributed by atoms with E-state index in [4.69, 9.17) is 24.3 Å². The van der Waals surface area contributed by atoms with Gasteiger partial charge < -0.3 is 49.1 Å². The standard InChI is InChI=1S/C10H17N4O20P5/c15-6-7(31-38(25,26)32-35(17,18)19)4(1-29-37(23,24)34-39(27,28)33-36(20,21)22)30-10(6)14-3-13-5-8(14)11-2-12-9(5)16/h2-4,6-7,10,15H,1H2,(H,23,24)(H,25,26)(H,27,28)(H,11,12,16)(H2,17,18,19)(H2,20,21,22)/t4-,6-,7-,10-/m1/s1. The van der Waals surface area contributed by atoms with Gasteiger partial charge in [0.15, 0.2) is 17.4 Å². The van der Waals surface area contributed by atoms with Crippen LogP contribution in [0.3, 0.4) is 0 Å². The van der Waals surface area contributed by atoms with Gasteiger partial charge in [-0.1, -0.05) is 0 Å². The van der Waals surface area contributed by atoms with Crippen LogP contribution in [0.5, 0.6) is 0 Å². The van der Waals surface area contributed by atoms with E-state index in [0.29, 0.717) is 0 Å². The predicted molar refractivity (Wildman–Crippen MR) is 116 cm³/mol. The molecule has 0 aliphatic carbocycles. The lowest BCUT2D eigenvalue weighted by atomic mass is 10.1. The fourth-order valence-corrected chi connectivity index (χ4v) is 7.87. The monoisotopic (exact) mass is 668 g/mol. The van der Waals surface area contributed by atoms with E-state index < -0.39 is 75.8 Å². The number of phosphoric ester groups is 2. The number of rotatable bonds is 12. The van der Waals surface area contributed by atoms with Crippen molar-refractivity contribution in [3.05, 3.63) is 23.0 Å². The van der Waals surface area contributed by atoms with Crippen LogP contribution in [-0.2, 0) is 49.5 Å². The molecule has 1 aliphatic rings. The van der Waals surface area contributed by atoms with Crippen molar-refractivity contribution in [2.75, 3.05) is 6.61 Å². The van der Waals surface area contributed by atoms with Gasteiger partial charge in [0.25, 0.3) is 5.56 Å². The molecule has 2 aromatic heterocycles. The van der Waals surface area contributed by atoms with Crippen LogP contribution in [-0.4, -0.2) is 83.8 Å². The summed E-state index contributed by atoms with van der Waals surface area (Å²) in [6.07, 6.45) is -6.22. The van der Waals surface area contributed by atoms with Crippen LogP contribution in [0.25, 0.3) is 11.2 Å². The zero-order chi connectivity index (χ0) is 29.6. The number of aromatic amines is 1. The van der Waals surface area contributed by atoms with Gasteiger partial charge in [0, 0.05) is 0 Å². The van der Waals surface area contributed by atoms with Crippen LogP contribution in [0.4, 0.5) is 0 Å². The Balaban J connectivity index is 1.88. The summed E-state index contributed by atoms with van der Waals surface area (Å²) in [5.41, 5.74) is -1.24. The van der Waals surface area contributed by atoms with Crippen LogP contribution in [0.15, 0.2) is 17.4 Å². The van der Waals surface area contributed by atoms with Crippen molar-refractivity contribution in [3.8, 4) is 0 Å². The fraction of sp³-hybridized carbons (Fsp3) is 0.500. The average Bonchev–Trinajstić information content (AvgIpc) is 3.24. The zero-order valence-corrected chi connectivity index (χ0v) is 22.7. The number of H-pyrrole nitrogens is 1. The second-order valence-electron chi connectivity index (χ2n) is 7.11. The number of imidazole rings is 1. The normalized spacial score (nSPS) is 27.2. The first-order chi connectivity index (χ1) is 17.6. The maximum Gasteiger partial charge on any atom is 0.490 e. The van der Waals surface area contributed by atoms with E-state index in [1.807, 2.05) is 0 Å². The number of aliphatic hydroxyl groups is 1. The summed E-state index contributed by atoms with van der Waals surface area (Å²) in [6.45, 7) is -1.35. The Labute approximate surface area is 213 Å². The summed E-state index contributed by atoms with van der Waals surface area (Å²) in [5.74, 6) is 0. The van der Waals surface area contributed by atoms with Crippen LogP contribution in [0.2, 0.25) is 0 Å². The van der Waals surface area contributed by atoms with Crippen molar-refractivity contribution in [2.24, 2.45) is 0 Å². The summed E-state index contributed by atoms with van der Waals surface area (Å²) in [4.78, 5) is 85.0. The molecule has 3 heterocycles. The van der Waals surface area contributed by atoms with Crippen molar-refractivity contribution < 1.29 is 88.9 Å². The Morgan fingerprint density at radius 3 is 2.08 bits per heavy atom. The Bertz CT molecular complexity index is 1510. The molecule has 24 nitrogen and oxygen atoms in total. The van der Waals surface area contributed by atoms with Gasteiger partial charge in [-0.2, -0.15) is 12.9 Å². The number of nitrogens with zero attached hydrogens (tertiary/aromatic N) is 3. The first kappa shape index (κ1) is 32.5. The summed E-state index contributed by atoms with van der Waals surface area (Å²) in [6, 6.07) is 0. The second kappa shape index (κ2) is 11.3. The van der Waals surface area contributed by atoms with Gasteiger partial charge in [0.1, 0.15) is 18.3 Å². The van der Waals surface area contributed by atoms with Crippen LogP contribution in [0, 0.1) is 0 Å². The molecule has 1 aliphatic heterocycles. The van der Waals surface area contributed by atoms with Crippen molar-refractivity contribution in [1.82, 2.24) is 19.5 Å². The Morgan fingerprint density at radius 1 is 0.897 bits per heavy atom. The molecule has 0 aromatic carbocycles. The van der Waals surface area contributed by atoms with Crippen molar-refractivity contribution >= 4 is 50.3 Å². The molecule has 3 unspecified atom stereocenters. The van der Waals surface area contributed by atoms with E-state index in [1.54, 1.807) is 0 Å². The second-order valence-corrected chi connectivity index (χ2v) is 14.3.